The number of aryl methyl sites for hydroxylation is 2. The van der Waals surface area contributed by atoms with Crippen molar-refractivity contribution in [2.75, 3.05) is 6.54 Å². The summed E-state index contributed by atoms with van der Waals surface area (Å²) in [4.78, 5) is 6.16. The van der Waals surface area contributed by atoms with Crippen LogP contribution in [0.1, 0.15) is 54.7 Å². The molecule has 1 aliphatic rings. The molecule has 1 aliphatic carbocycles. The molecule has 0 saturated carbocycles. The third-order valence-corrected chi connectivity index (χ3v) is 4.60. The normalized spacial score (nSPS) is 18.1. The number of thiazole rings is 1. The first-order chi connectivity index (χ1) is 8.20. The number of aliphatic hydroxyl groups excluding tert-OH is 1. The molecule has 2 N–H and O–H groups in total. The summed E-state index contributed by atoms with van der Waals surface area (Å²) in [6.45, 7) is 4.89. The van der Waals surface area contributed by atoms with Gasteiger partial charge in [0.05, 0.1) is 17.8 Å². The van der Waals surface area contributed by atoms with Crippen molar-refractivity contribution in [2.45, 2.75) is 58.1 Å². The molecule has 17 heavy (non-hydrogen) atoms. The van der Waals surface area contributed by atoms with Gasteiger partial charge in [0.15, 0.2) is 0 Å². The zero-order valence-corrected chi connectivity index (χ0v) is 11.5. The van der Waals surface area contributed by atoms with Gasteiger partial charge in [-0.05, 0) is 32.6 Å². The van der Waals surface area contributed by atoms with Gasteiger partial charge in [0, 0.05) is 11.4 Å². The molecule has 96 valence electrons. The molecule has 0 bridgehead atoms. The lowest BCUT2D eigenvalue weighted by Crippen LogP contribution is -2.28. The summed E-state index contributed by atoms with van der Waals surface area (Å²) in [6, 6.07) is 0.261. The van der Waals surface area contributed by atoms with Crippen molar-refractivity contribution in [2.24, 2.45) is 0 Å². The van der Waals surface area contributed by atoms with Gasteiger partial charge in [-0.1, -0.05) is 13.3 Å². The standard InChI is InChI=1S/C13H22N2OS/c1-3-5-10(16)8-14-9(2)13-15-11-6-4-7-12(11)17-13/h9-10,14,16H,3-8H2,1-2H3. The molecule has 3 nitrogen and oxygen atoms in total. The van der Waals surface area contributed by atoms with Crippen LogP contribution < -0.4 is 5.32 Å². The number of aliphatic hydroxyl groups is 1. The van der Waals surface area contributed by atoms with Crippen LogP contribution in [0.25, 0.3) is 0 Å². The second-order valence-corrected chi connectivity index (χ2v) is 5.96. The van der Waals surface area contributed by atoms with Crippen LogP contribution in [-0.4, -0.2) is 22.7 Å². The van der Waals surface area contributed by atoms with Crippen LogP contribution in [0.4, 0.5) is 0 Å². The van der Waals surface area contributed by atoms with E-state index in [4.69, 9.17) is 0 Å². The summed E-state index contributed by atoms with van der Waals surface area (Å²) < 4.78 is 0. The van der Waals surface area contributed by atoms with E-state index in [0.29, 0.717) is 6.54 Å². The van der Waals surface area contributed by atoms with Crippen molar-refractivity contribution in [3.8, 4) is 0 Å². The molecular formula is C13H22N2OS. The van der Waals surface area contributed by atoms with Crippen LogP contribution in [0.15, 0.2) is 0 Å². The third-order valence-electron chi connectivity index (χ3n) is 3.26. The molecule has 0 spiro atoms. The second kappa shape index (κ2) is 5.94. The maximum absolute atomic E-state index is 9.68. The number of rotatable bonds is 6. The predicted octanol–water partition coefficient (Wildman–Crippen LogP) is 2.44. The van der Waals surface area contributed by atoms with Crippen molar-refractivity contribution in [1.29, 1.82) is 0 Å². The predicted molar refractivity (Wildman–Crippen MR) is 71.5 cm³/mol. The highest BCUT2D eigenvalue weighted by atomic mass is 32.1. The highest BCUT2D eigenvalue weighted by Gasteiger charge is 2.19. The molecule has 0 aromatic carbocycles. The average Bonchev–Trinajstić information content (AvgIpc) is 2.86. The highest BCUT2D eigenvalue weighted by Crippen LogP contribution is 2.30. The minimum absolute atomic E-state index is 0.228. The van der Waals surface area contributed by atoms with Crippen molar-refractivity contribution in [3.05, 3.63) is 15.6 Å². The van der Waals surface area contributed by atoms with Gasteiger partial charge < -0.3 is 10.4 Å². The molecule has 2 rings (SSSR count). The molecule has 1 aromatic heterocycles. The van der Waals surface area contributed by atoms with Gasteiger partial charge in [0.2, 0.25) is 0 Å². The fourth-order valence-corrected chi connectivity index (χ4v) is 3.41. The summed E-state index contributed by atoms with van der Waals surface area (Å²) in [5.74, 6) is 0. The second-order valence-electron chi connectivity index (χ2n) is 4.85. The third kappa shape index (κ3) is 3.27. The van der Waals surface area contributed by atoms with E-state index in [-0.39, 0.29) is 12.1 Å². The number of nitrogens with zero attached hydrogens (tertiary/aromatic N) is 1. The molecule has 1 aromatic rings. The summed E-state index contributed by atoms with van der Waals surface area (Å²) in [5.41, 5.74) is 1.31. The monoisotopic (exact) mass is 254 g/mol. The first-order valence-corrected chi connectivity index (χ1v) is 7.42. The summed E-state index contributed by atoms with van der Waals surface area (Å²) >= 11 is 1.84. The molecule has 0 aliphatic heterocycles. The van der Waals surface area contributed by atoms with E-state index in [9.17, 15) is 5.11 Å². The Hall–Kier alpha value is -0.450. The Morgan fingerprint density at radius 1 is 1.47 bits per heavy atom. The fourth-order valence-electron chi connectivity index (χ4n) is 2.23. The minimum atomic E-state index is -0.228. The van der Waals surface area contributed by atoms with Gasteiger partial charge in [-0.15, -0.1) is 11.3 Å². The van der Waals surface area contributed by atoms with Gasteiger partial charge in [-0.3, -0.25) is 0 Å². The van der Waals surface area contributed by atoms with Crippen molar-refractivity contribution >= 4 is 11.3 Å². The first kappa shape index (κ1) is 13.0. The van der Waals surface area contributed by atoms with Gasteiger partial charge in [-0.2, -0.15) is 0 Å². The van der Waals surface area contributed by atoms with E-state index >= 15 is 0 Å². The lowest BCUT2D eigenvalue weighted by Gasteiger charge is -2.14. The minimum Gasteiger partial charge on any atom is -0.392 e. The number of fused-ring (bicyclic) bond motifs is 1. The summed E-state index contributed by atoms with van der Waals surface area (Å²) in [5, 5.41) is 14.2. The smallest absolute Gasteiger partial charge is 0.110 e. The molecule has 0 fully saturated rings. The quantitative estimate of drug-likeness (QED) is 0.819. The van der Waals surface area contributed by atoms with E-state index < -0.39 is 0 Å². The molecule has 0 radical (unpaired) electrons. The van der Waals surface area contributed by atoms with E-state index in [1.807, 2.05) is 11.3 Å². The molecule has 2 atom stereocenters. The van der Waals surface area contributed by atoms with Gasteiger partial charge in [-0.25, -0.2) is 4.98 Å². The largest absolute Gasteiger partial charge is 0.392 e. The zero-order chi connectivity index (χ0) is 12.3. The van der Waals surface area contributed by atoms with Gasteiger partial charge in [0.25, 0.3) is 0 Å². The Bertz CT molecular complexity index is 343. The van der Waals surface area contributed by atoms with E-state index in [2.05, 4.69) is 24.1 Å². The van der Waals surface area contributed by atoms with E-state index in [1.165, 1.54) is 28.4 Å². The van der Waals surface area contributed by atoms with Crippen LogP contribution in [0.2, 0.25) is 0 Å². The van der Waals surface area contributed by atoms with Crippen molar-refractivity contribution in [3.63, 3.8) is 0 Å². The lowest BCUT2D eigenvalue weighted by atomic mass is 10.2. The van der Waals surface area contributed by atoms with Gasteiger partial charge >= 0.3 is 0 Å². The van der Waals surface area contributed by atoms with Crippen molar-refractivity contribution in [1.82, 2.24) is 10.3 Å². The molecule has 4 heteroatoms. The van der Waals surface area contributed by atoms with Crippen LogP contribution >= 0.6 is 11.3 Å². The first-order valence-electron chi connectivity index (χ1n) is 6.60. The molecule has 1 heterocycles. The number of aromatic nitrogens is 1. The average molecular weight is 254 g/mol. The Morgan fingerprint density at radius 3 is 3.00 bits per heavy atom. The highest BCUT2D eigenvalue weighted by molar-refractivity contribution is 7.11. The summed E-state index contributed by atoms with van der Waals surface area (Å²) in [7, 11) is 0. The van der Waals surface area contributed by atoms with Crippen LogP contribution in [0, 0.1) is 0 Å². The van der Waals surface area contributed by atoms with Crippen LogP contribution in [0.5, 0.6) is 0 Å². The molecule has 0 amide bonds. The SMILES string of the molecule is CCCC(O)CNC(C)c1nc2c(s1)CCC2. The topological polar surface area (TPSA) is 45.1 Å². The molecule has 0 saturated heterocycles. The lowest BCUT2D eigenvalue weighted by molar-refractivity contribution is 0.157. The Labute approximate surface area is 107 Å². The number of nitrogens with one attached hydrogen (secondary N) is 1. The summed E-state index contributed by atoms with van der Waals surface area (Å²) in [6.07, 6.45) is 5.30. The van der Waals surface area contributed by atoms with Crippen LogP contribution in [0.3, 0.4) is 0 Å². The maximum Gasteiger partial charge on any atom is 0.110 e. The van der Waals surface area contributed by atoms with E-state index in [0.717, 1.165) is 19.3 Å². The van der Waals surface area contributed by atoms with Gasteiger partial charge in [0.1, 0.15) is 5.01 Å². The molecular weight excluding hydrogens is 232 g/mol. The Morgan fingerprint density at radius 2 is 2.29 bits per heavy atom. The van der Waals surface area contributed by atoms with Crippen molar-refractivity contribution < 1.29 is 5.11 Å². The zero-order valence-electron chi connectivity index (χ0n) is 10.7. The molecule has 2 unspecified atom stereocenters. The maximum atomic E-state index is 9.68. The van der Waals surface area contributed by atoms with Crippen LogP contribution in [-0.2, 0) is 12.8 Å². The fraction of sp³-hybridized carbons (Fsp3) is 0.769. The number of hydrogen-bond acceptors (Lipinski definition) is 4. The Kier molecular flexibility index (Phi) is 4.54. The van der Waals surface area contributed by atoms with E-state index in [1.54, 1.807) is 0 Å². The number of hydrogen-bond donors (Lipinski definition) is 2. The Balaban J connectivity index is 1.84.